The van der Waals surface area contributed by atoms with Crippen LogP contribution in [0.15, 0.2) is 18.2 Å². The van der Waals surface area contributed by atoms with Gasteiger partial charge in [-0.25, -0.2) is 4.98 Å². The number of rotatable bonds is 3. The van der Waals surface area contributed by atoms with Crippen LogP contribution in [0.1, 0.15) is 12.8 Å². The van der Waals surface area contributed by atoms with Crippen LogP contribution in [0.3, 0.4) is 0 Å². The predicted molar refractivity (Wildman–Crippen MR) is 76.7 cm³/mol. The molecule has 0 radical (unpaired) electrons. The molecule has 7 heteroatoms. The number of aromatic amines is 1. The number of piperidine rings is 1. The van der Waals surface area contributed by atoms with E-state index in [0.29, 0.717) is 11.4 Å². The van der Waals surface area contributed by atoms with Gasteiger partial charge in [-0.2, -0.15) is 0 Å². The van der Waals surface area contributed by atoms with Crippen molar-refractivity contribution in [2.24, 2.45) is 11.7 Å². The van der Waals surface area contributed by atoms with E-state index in [4.69, 9.17) is 5.73 Å². The van der Waals surface area contributed by atoms with Crippen LogP contribution in [0.5, 0.6) is 0 Å². The van der Waals surface area contributed by atoms with Crippen molar-refractivity contribution in [3.63, 3.8) is 0 Å². The van der Waals surface area contributed by atoms with Crippen LogP contribution in [0.2, 0.25) is 0 Å². The standard InChI is InChI=1S/C13H17N5O2/c14-8-9-3-5-17(6-4-9)13-15-11-2-1-10(18(19)20)7-12(11)16-13/h1-2,7,9H,3-6,8,14H2,(H,15,16). The zero-order valence-electron chi connectivity index (χ0n) is 11.1. The van der Waals surface area contributed by atoms with Crippen LogP contribution in [0, 0.1) is 16.0 Å². The molecule has 1 fully saturated rings. The molecule has 0 unspecified atom stereocenters. The van der Waals surface area contributed by atoms with E-state index < -0.39 is 4.92 Å². The Balaban J connectivity index is 1.84. The van der Waals surface area contributed by atoms with Crippen LogP contribution in [-0.2, 0) is 0 Å². The molecule has 0 aliphatic carbocycles. The number of hydrogen-bond donors (Lipinski definition) is 2. The number of anilines is 1. The van der Waals surface area contributed by atoms with Crippen LogP contribution in [-0.4, -0.2) is 34.5 Å². The van der Waals surface area contributed by atoms with Gasteiger partial charge in [0.15, 0.2) is 0 Å². The molecule has 3 rings (SSSR count). The number of nitrogens with one attached hydrogen (secondary N) is 1. The Hall–Kier alpha value is -2.15. The van der Waals surface area contributed by atoms with Crippen molar-refractivity contribution in [3.8, 4) is 0 Å². The highest BCUT2D eigenvalue weighted by molar-refractivity contribution is 5.80. The Morgan fingerprint density at radius 2 is 2.20 bits per heavy atom. The summed E-state index contributed by atoms with van der Waals surface area (Å²) < 4.78 is 0. The van der Waals surface area contributed by atoms with Gasteiger partial charge < -0.3 is 15.6 Å². The number of aromatic nitrogens is 2. The fourth-order valence-corrected chi connectivity index (χ4v) is 2.63. The lowest BCUT2D eigenvalue weighted by atomic mass is 9.97. The van der Waals surface area contributed by atoms with E-state index in [1.165, 1.54) is 12.1 Å². The summed E-state index contributed by atoms with van der Waals surface area (Å²) in [5.41, 5.74) is 7.23. The molecule has 0 spiro atoms. The molecular weight excluding hydrogens is 258 g/mol. The molecule has 1 aliphatic rings. The highest BCUT2D eigenvalue weighted by atomic mass is 16.6. The summed E-state index contributed by atoms with van der Waals surface area (Å²) in [6.45, 7) is 2.58. The molecule has 2 heterocycles. The molecular formula is C13H17N5O2. The van der Waals surface area contributed by atoms with Crippen molar-refractivity contribution >= 4 is 22.7 Å². The van der Waals surface area contributed by atoms with Crippen molar-refractivity contribution in [2.45, 2.75) is 12.8 Å². The number of imidazole rings is 1. The Morgan fingerprint density at radius 1 is 1.45 bits per heavy atom. The van der Waals surface area contributed by atoms with Crippen molar-refractivity contribution in [2.75, 3.05) is 24.5 Å². The summed E-state index contributed by atoms with van der Waals surface area (Å²) in [4.78, 5) is 20.2. The van der Waals surface area contributed by atoms with E-state index in [-0.39, 0.29) is 5.69 Å². The summed E-state index contributed by atoms with van der Waals surface area (Å²) in [6, 6.07) is 4.69. The average Bonchev–Trinajstić information content (AvgIpc) is 2.90. The molecule has 1 aromatic carbocycles. The van der Waals surface area contributed by atoms with Gasteiger partial charge in [-0.3, -0.25) is 10.1 Å². The number of benzene rings is 1. The number of nitro groups is 1. The van der Waals surface area contributed by atoms with Gasteiger partial charge in [0.2, 0.25) is 5.95 Å². The van der Waals surface area contributed by atoms with Gasteiger partial charge in [-0.05, 0) is 31.4 Å². The third kappa shape index (κ3) is 2.32. The maximum Gasteiger partial charge on any atom is 0.271 e. The first kappa shape index (κ1) is 12.9. The number of hydrogen-bond acceptors (Lipinski definition) is 5. The summed E-state index contributed by atoms with van der Waals surface area (Å²) in [5.74, 6) is 1.38. The van der Waals surface area contributed by atoms with Gasteiger partial charge >= 0.3 is 0 Å². The number of non-ortho nitro benzene ring substituents is 1. The average molecular weight is 275 g/mol. The second kappa shape index (κ2) is 5.09. The van der Waals surface area contributed by atoms with Crippen molar-refractivity contribution in [1.29, 1.82) is 0 Å². The van der Waals surface area contributed by atoms with Gasteiger partial charge in [0.05, 0.1) is 16.0 Å². The SMILES string of the molecule is NCC1CCN(c2nc3ccc([N+](=O)[O-])cc3[nH]2)CC1. The number of nitrogens with two attached hydrogens (primary N) is 1. The molecule has 1 aromatic heterocycles. The Bertz CT molecular complexity index is 631. The van der Waals surface area contributed by atoms with Gasteiger partial charge in [0, 0.05) is 25.2 Å². The summed E-state index contributed by atoms with van der Waals surface area (Å²) in [6.07, 6.45) is 2.13. The summed E-state index contributed by atoms with van der Waals surface area (Å²) in [5, 5.41) is 10.8. The molecule has 2 aromatic rings. The minimum Gasteiger partial charge on any atom is -0.342 e. The van der Waals surface area contributed by atoms with E-state index >= 15 is 0 Å². The number of nitro benzene ring substituents is 1. The lowest BCUT2D eigenvalue weighted by Gasteiger charge is -2.30. The molecule has 7 nitrogen and oxygen atoms in total. The molecule has 1 saturated heterocycles. The second-order valence-electron chi connectivity index (χ2n) is 5.19. The zero-order chi connectivity index (χ0) is 14.1. The minimum absolute atomic E-state index is 0.0783. The predicted octanol–water partition coefficient (Wildman–Crippen LogP) is 1.65. The molecule has 20 heavy (non-hydrogen) atoms. The van der Waals surface area contributed by atoms with Crippen LogP contribution in [0.25, 0.3) is 11.0 Å². The van der Waals surface area contributed by atoms with Gasteiger partial charge in [-0.15, -0.1) is 0 Å². The van der Waals surface area contributed by atoms with Crippen LogP contribution < -0.4 is 10.6 Å². The first-order valence-corrected chi connectivity index (χ1v) is 6.76. The molecule has 0 atom stereocenters. The van der Waals surface area contributed by atoms with Crippen molar-refractivity contribution in [1.82, 2.24) is 9.97 Å². The number of nitrogens with zero attached hydrogens (tertiary/aromatic N) is 3. The van der Waals surface area contributed by atoms with Crippen LogP contribution >= 0.6 is 0 Å². The lowest BCUT2D eigenvalue weighted by Crippen LogP contribution is -2.36. The maximum atomic E-state index is 10.8. The number of H-pyrrole nitrogens is 1. The molecule has 3 N–H and O–H groups in total. The Labute approximate surface area is 115 Å². The highest BCUT2D eigenvalue weighted by Gasteiger charge is 2.20. The first-order valence-electron chi connectivity index (χ1n) is 6.76. The fraction of sp³-hybridized carbons (Fsp3) is 0.462. The third-order valence-electron chi connectivity index (χ3n) is 3.91. The highest BCUT2D eigenvalue weighted by Crippen LogP contribution is 2.25. The Morgan fingerprint density at radius 3 is 2.85 bits per heavy atom. The van der Waals surface area contributed by atoms with E-state index in [0.717, 1.165) is 43.9 Å². The van der Waals surface area contributed by atoms with E-state index in [1.807, 2.05) is 0 Å². The summed E-state index contributed by atoms with van der Waals surface area (Å²) >= 11 is 0. The summed E-state index contributed by atoms with van der Waals surface area (Å²) in [7, 11) is 0. The smallest absolute Gasteiger partial charge is 0.271 e. The molecule has 0 amide bonds. The second-order valence-corrected chi connectivity index (χ2v) is 5.19. The zero-order valence-corrected chi connectivity index (χ0v) is 11.1. The molecule has 1 aliphatic heterocycles. The topological polar surface area (TPSA) is 101 Å². The maximum absolute atomic E-state index is 10.8. The van der Waals surface area contributed by atoms with Gasteiger partial charge in [-0.1, -0.05) is 0 Å². The van der Waals surface area contributed by atoms with Crippen LogP contribution in [0.4, 0.5) is 11.6 Å². The van der Waals surface area contributed by atoms with Crippen molar-refractivity contribution < 1.29 is 4.92 Å². The van der Waals surface area contributed by atoms with Crippen molar-refractivity contribution in [3.05, 3.63) is 28.3 Å². The quantitative estimate of drug-likeness (QED) is 0.655. The number of fused-ring (bicyclic) bond motifs is 1. The van der Waals surface area contributed by atoms with E-state index in [2.05, 4.69) is 14.9 Å². The van der Waals surface area contributed by atoms with E-state index in [1.54, 1.807) is 6.07 Å². The third-order valence-corrected chi connectivity index (χ3v) is 3.91. The normalized spacial score (nSPS) is 16.8. The fourth-order valence-electron chi connectivity index (χ4n) is 2.63. The van der Waals surface area contributed by atoms with Gasteiger partial charge in [0.25, 0.3) is 5.69 Å². The minimum atomic E-state index is -0.396. The molecule has 0 bridgehead atoms. The molecule has 106 valence electrons. The monoisotopic (exact) mass is 275 g/mol. The van der Waals surface area contributed by atoms with E-state index in [9.17, 15) is 10.1 Å². The lowest BCUT2D eigenvalue weighted by molar-refractivity contribution is -0.384. The molecule has 0 saturated carbocycles. The van der Waals surface area contributed by atoms with Gasteiger partial charge in [0.1, 0.15) is 0 Å². The Kier molecular flexibility index (Phi) is 3.27. The first-order chi connectivity index (χ1) is 9.67. The largest absolute Gasteiger partial charge is 0.342 e.